The van der Waals surface area contributed by atoms with Crippen LogP contribution < -0.4 is 11.1 Å². The maximum atomic E-state index is 12.6. The number of nitrogens with zero attached hydrogens (tertiary/aromatic N) is 1. The third kappa shape index (κ3) is 5.29. The molecule has 0 radical (unpaired) electrons. The highest BCUT2D eigenvalue weighted by Crippen LogP contribution is 2.20. The van der Waals surface area contributed by atoms with Gasteiger partial charge in [0, 0.05) is 26.2 Å². The molecule has 118 valence electrons. The Morgan fingerprint density at radius 2 is 1.60 bits per heavy atom. The highest BCUT2D eigenvalue weighted by molar-refractivity contribution is 5.88. The number of primary amides is 1. The molecule has 20 heavy (non-hydrogen) atoms. The van der Waals surface area contributed by atoms with E-state index in [2.05, 4.69) is 19.2 Å². The van der Waals surface area contributed by atoms with E-state index in [1.807, 2.05) is 4.90 Å². The molecule has 1 aliphatic heterocycles. The summed E-state index contributed by atoms with van der Waals surface area (Å²) in [7, 11) is 0. The zero-order valence-electron chi connectivity index (χ0n) is 12.6. The smallest absolute Gasteiger partial charge is 0.227 e. The summed E-state index contributed by atoms with van der Waals surface area (Å²) in [5.41, 5.74) is 5.38. The van der Waals surface area contributed by atoms with Crippen molar-refractivity contribution in [1.29, 1.82) is 0 Å². The highest BCUT2D eigenvalue weighted by Gasteiger charge is 2.38. The fourth-order valence-electron chi connectivity index (χ4n) is 2.50. The number of unbranched alkanes of at least 4 members (excludes halogenated alkanes) is 2. The molecule has 5 nitrogen and oxygen atoms in total. The normalized spacial score (nSPS) is 21.3. The molecule has 0 saturated carbocycles. The van der Waals surface area contributed by atoms with Crippen molar-refractivity contribution in [3.05, 3.63) is 0 Å². The minimum absolute atomic E-state index is 0. The predicted molar refractivity (Wildman–Crippen MR) is 82.7 cm³/mol. The predicted octanol–water partition coefficient (Wildman–Crippen LogP) is 1.16. The zero-order chi connectivity index (χ0) is 14.3. The van der Waals surface area contributed by atoms with E-state index in [4.69, 9.17) is 5.73 Å². The molecular weight excluding hydrogens is 278 g/mol. The molecule has 1 saturated heterocycles. The van der Waals surface area contributed by atoms with Crippen LogP contribution in [0.15, 0.2) is 0 Å². The lowest BCUT2D eigenvalue weighted by Gasteiger charge is -2.27. The van der Waals surface area contributed by atoms with Crippen molar-refractivity contribution in [2.75, 3.05) is 26.2 Å². The Bertz CT molecular complexity index is 305. The quantitative estimate of drug-likeness (QED) is 0.706. The van der Waals surface area contributed by atoms with Crippen LogP contribution in [0.2, 0.25) is 0 Å². The van der Waals surface area contributed by atoms with Crippen LogP contribution in [0.25, 0.3) is 0 Å². The molecule has 1 rings (SSSR count). The largest absolute Gasteiger partial charge is 0.369 e. The van der Waals surface area contributed by atoms with Gasteiger partial charge in [0.15, 0.2) is 0 Å². The number of halogens is 1. The van der Waals surface area contributed by atoms with Crippen LogP contribution in [0.1, 0.15) is 39.5 Å². The van der Waals surface area contributed by atoms with Crippen molar-refractivity contribution < 1.29 is 9.59 Å². The lowest BCUT2D eigenvalue weighted by molar-refractivity contribution is -0.139. The van der Waals surface area contributed by atoms with Crippen LogP contribution in [0, 0.1) is 11.8 Å². The molecule has 0 aromatic rings. The maximum absolute atomic E-state index is 12.6. The molecule has 1 aliphatic rings. The van der Waals surface area contributed by atoms with Crippen LogP contribution >= 0.6 is 12.4 Å². The number of hydrogen-bond donors (Lipinski definition) is 2. The molecule has 0 aromatic carbocycles. The molecule has 0 aromatic heterocycles. The monoisotopic (exact) mass is 305 g/mol. The van der Waals surface area contributed by atoms with Crippen molar-refractivity contribution in [3.63, 3.8) is 0 Å². The summed E-state index contributed by atoms with van der Waals surface area (Å²) in [4.78, 5) is 25.8. The summed E-state index contributed by atoms with van der Waals surface area (Å²) in [6.45, 7) is 6.91. The summed E-state index contributed by atoms with van der Waals surface area (Å²) >= 11 is 0. The van der Waals surface area contributed by atoms with Gasteiger partial charge >= 0.3 is 0 Å². The highest BCUT2D eigenvalue weighted by atomic mass is 35.5. The summed E-state index contributed by atoms with van der Waals surface area (Å²) in [6, 6.07) is 0. The molecule has 2 atom stereocenters. The van der Waals surface area contributed by atoms with Crippen molar-refractivity contribution in [2.45, 2.75) is 39.5 Å². The first kappa shape index (κ1) is 19.2. The molecule has 1 fully saturated rings. The summed E-state index contributed by atoms with van der Waals surface area (Å²) < 4.78 is 0. The molecule has 0 spiro atoms. The standard InChI is InChI=1S/C14H27N3O2.ClH/c1-3-5-7-17(8-6-4-2)14(19)12-10-16-9-11(12)13(15)18;/h11-12,16H,3-10H2,1-2H3,(H2,15,18);1H. The second-order valence-electron chi connectivity index (χ2n) is 5.31. The van der Waals surface area contributed by atoms with Gasteiger partial charge in [-0.3, -0.25) is 9.59 Å². The summed E-state index contributed by atoms with van der Waals surface area (Å²) in [6.07, 6.45) is 4.16. The number of hydrogen-bond acceptors (Lipinski definition) is 3. The molecule has 6 heteroatoms. The molecule has 3 N–H and O–H groups in total. The number of nitrogens with one attached hydrogen (secondary N) is 1. The van der Waals surface area contributed by atoms with Crippen molar-refractivity contribution in [3.8, 4) is 0 Å². The molecule has 1 heterocycles. The second kappa shape index (κ2) is 10.00. The van der Waals surface area contributed by atoms with E-state index in [1.54, 1.807) is 0 Å². The zero-order valence-corrected chi connectivity index (χ0v) is 13.4. The van der Waals surface area contributed by atoms with Crippen molar-refractivity contribution >= 4 is 24.2 Å². The minimum Gasteiger partial charge on any atom is -0.369 e. The van der Waals surface area contributed by atoms with Crippen LogP contribution in [0.4, 0.5) is 0 Å². The van der Waals surface area contributed by atoms with Gasteiger partial charge in [0.1, 0.15) is 0 Å². The number of amides is 2. The number of nitrogens with two attached hydrogens (primary N) is 1. The average Bonchev–Trinajstić information content (AvgIpc) is 2.87. The first-order chi connectivity index (χ1) is 9.11. The van der Waals surface area contributed by atoms with Gasteiger partial charge in [0.05, 0.1) is 11.8 Å². The molecule has 0 aliphatic carbocycles. The Kier molecular flexibility index (Phi) is 9.59. The summed E-state index contributed by atoms with van der Waals surface area (Å²) in [5, 5.41) is 3.10. The van der Waals surface area contributed by atoms with Gasteiger partial charge in [-0.1, -0.05) is 26.7 Å². The van der Waals surface area contributed by atoms with E-state index in [9.17, 15) is 9.59 Å². The first-order valence-corrected chi connectivity index (χ1v) is 7.40. The van der Waals surface area contributed by atoms with Crippen LogP contribution in [0.3, 0.4) is 0 Å². The number of rotatable bonds is 8. The van der Waals surface area contributed by atoms with Gasteiger partial charge in [0.2, 0.25) is 11.8 Å². The van der Waals surface area contributed by atoms with Gasteiger partial charge in [0.25, 0.3) is 0 Å². The average molecular weight is 306 g/mol. The number of carbonyl (C=O) groups is 2. The van der Waals surface area contributed by atoms with E-state index in [0.717, 1.165) is 38.8 Å². The molecular formula is C14H28ClN3O2. The SMILES string of the molecule is CCCCN(CCCC)C(=O)C1CNCC1C(N)=O.Cl. The minimum atomic E-state index is -0.366. The summed E-state index contributed by atoms with van der Waals surface area (Å²) in [5.74, 6) is -0.894. The Labute approximate surface area is 128 Å². The van der Waals surface area contributed by atoms with E-state index < -0.39 is 0 Å². The second-order valence-corrected chi connectivity index (χ2v) is 5.31. The third-order valence-electron chi connectivity index (χ3n) is 3.77. The van der Waals surface area contributed by atoms with Crippen molar-refractivity contribution in [1.82, 2.24) is 10.2 Å². The Hall–Kier alpha value is -0.810. The molecule has 0 bridgehead atoms. The topological polar surface area (TPSA) is 75.4 Å². The fraction of sp³-hybridized carbons (Fsp3) is 0.857. The van der Waals surface area contributed by atoms with Crippen LogP contribution in [-0.2, 0) is 9.59 Å². The third-order valence-corrected chi connectivity index (χ3v) is 3.77. The molecule has 2 unspecified atom stereocenters. The van der Waals surface area contributed by atoms with Gasteiger partial charge in [-0.05, 0) is 12.8 Å². The lowest BCUT2D eigenvalue weighted by Crippen LogP contribution is -2.43. The van der Waals surface area contributed by atoms with Crippen LogP contribution in [0.5, 0.6) is 0 Å². The van der Waals surface area contributed by atoms with E-state index >= 15 is 0 Å². The van der Waals surface area contributed by atoms with Gasteiger partial charge < -0.3 is 16.0 Å². The Balaban J connectivity index is 0.00000361. The van der Waals surface area contributed by atoms with Gasteiger partial charge in [-0.25, -0.2) is 0 Å². The van der Waals surface area contributed by atoms with Crippen molar-refractivity contribution in [2.24, 2.45) is 17.6 Å². The Morgan fingerprint density at radius 1 is 1.10 bits per heavy atom. The van der Waals surface area contributed by atoms with E-state index in [0.29, 0.717) is 13.1 Å². The first-order valence-electron chi connectivity index (χ1n) is 7.40. The van der Waals surface area contributed by atoms with Crippen LogP contribution in [-0.4, -0.2) is 42.9 Å². The fourth-order valence-corrected chi connectivity index (χ4v) is 2.50. The maximum Gasteiger partial charge on any atom is 0.227 e. The lowest BCUT2D eigenvalue weighted by atomic mass is 9.93. The Morgan fingerprint density at radius 3 is 2.05 bits per heavy atom. The van der Waals surface area contributed by atoms with Gasteiger partial charge in [-0.2, -0.15) is 0 Å². The molecule has 2 amide bonds. The van der Waals surface area contributed by atoms with E-state index in [1.165, 1.54) is 0 Å². The van der Waals surface area contributed by atoms with E-state index in [-0.39, 0.29) is 36.1 Å². The van der Waals surface area contributed by atoms with Gasteiger partial charge in [-0.15, -0.1) is 12.4 Å². The number of carbonyl (C=O) groups excluding carboxylic acids is 2.